The molecule has 0 bridgehead atoms. The average Bonchev–Trinajstić information content (AvgIpc) is 3.17. The third-order valence-electron chi connectivity index (χ3n) is 4.75. The first-order valence-electron chi connectivity index (χ1n) is 7.80. The van der Waals surface area contributed by atoms with Gasteiger partial charge >= 0.3 is 0 Å². The Morgan fingerprint density at radius 1 is 1.26 bits per heavy atom. The molecule has 3 nitrogen and oxygen atoms in total. The minimum Gasteiger partial charge on any atom is -0.468 e. The molecule has 1 aromatic heterocycles. The number of rotatable bonds is 6. The number of nitrogens with one attached hydrogen (secondary N) is 1. The van der Waals surface area contributed by atoms with Gasteiger partial charge in [0.1, 0.15) is 5.76 Å². The SMILES string of the molecule is CNC1CCCCC1CN(Cc1ccco1)C1CC1. The van der Waals surface area contributed by atoms with E-state index in [1.807, 2.05) is 6.07 Å². The summed E-state index contributed by atoms with van der Waals surface area (Å²) in [5.41, 5.74) is 0. The van der Waals surface area contributed by atoms with Crippen molar-refractivity contribution in [1.29, 1.82) is 0 Å². The van der Waals surface area contributed by atoms with Gasteiger partial charge in [0, 0.05) is 18.6 Å². The molecule has 19 heavy (non-hydrogen) atoms. The van der Waals surface area contributed by atoms with E-state index in [0.29, 0.717) is 6.04 Å². The minimum absolute atomic E-state index is 0.714. The Morgan fingerprint density at radius 3 is 2.79 bits per heavy atom. The quantitative estimate of drug-likeness (QED) is 0.854. The fourth-order valence-electron chi connectivity index (χ4n) is 3.49. The highest BCUT2D eigenvalue weighted by atomic mass is 16.3. The lowest BCUT2D eigenvalue weighted by molar-refractivity contribution is 0.151. The van der Waals surface area contributed by atoms with Crippen molar-refractivity contribution in [2.24, 2.45) is 5.92 Å². The molecule has 1 heterocycles. The zero-order valence-electron chi connectivity index (χ0n) is 12.0. The molecule has 0 radical (unpaired) electrons. The third kappa shape index (κ3) is 3.40. The Balaban J connectivity index is 1.60. The zero-order valence-corrected chi connectivity index (χ0v) is 12.0. The van der Waals surface area contributed by atoms with Gasteiger partial charge in [0.2, 0.25) is 0 Å². The summed E-state index contributed by atoms with van der Waals surface area (Å²) in [7, 11) is 2.12. The standard InChI is InChI=1S/C16H26N2O/c1-17-16-7-3-2-5-13(16)11-18(14-8-9-14)12-15-6-4-10-19-15/h4,6,10,13-14,16-17H,2-3,5,7-9,11-12H2,1H3. The lowest BCUT2D eigenvalue weighted by Crippen LogP contribution is -2.43. The van der Waals surface area contributed by atoms with Crippen LogP contribution in [0.3, 0.4) is 0 Å². The van der Waals surface area contributed by atoms with Crippen molar-refractivity contribution in [3.8, 4) is 0 Å². The normalized spacial score (nSPS) is 27.9. The van der Waals surface area contributed by atoms with Crippen molar-refractivity contribution in [3.63, 3.8) is 0 Å². The van der Waals surface area contributed by atoms with Crippen LogP contribution in [0.25, 0.3) is 0 Å². The van der Waals surface area contributed by atoms with Crippen LogP contribution >= 0.6 is 0 Å². The fourth-order valence-corrected chi connectivity index (χ4v) is 3.49. The first-order valence-corrected chi connectivity index (χ1v) is 7.80. The van der Waals surface area contributed by atoms with Crippen LogP contribution in [-0.4, -0.2) is 30.6 Å². The molecule has 2 atom stereocenters. The number of hydrogen-bond donors (Lipinski definition) is 1. The topological polar surface area (TPSA) is 28.4 Å². The molecule has 0 spiro atoms. The predicted octanol–water partition coefficient (Wildman–Crippen LogP) is 3.02. The van der Waals surface area contributed by atoms with Gasteiger partial charge in [0.25, 0.3) is 0 Å². The molecule has 3 rings (SSSR count). The van der Waals surface area contributed by atoms with Crippen molar-refractivity contribution in [2.75, 3.05) is 13.6 Å². The molecule has 2 aliphatic rings. The molecule has 3 heteroatoms. The van der Waals surface area contributed by atoms with Crippen LogP contribution in [-0.2, 0) is 6.54 Å². The van der Waals surface area contributed by atoms with Gasteiger partial charge < -0.3 is 9.73 Å². The molecule has 0 saturated heterocycles. The Hall–Kier alpha value is -0.800. The molecule has 0 aromatic carbocycles. The van der Waals surface area contributed by atoms with Crippen molar-refractivity contribution in [3.05, 3.63) is 24.2 Å². The molecule has 2 aliphatic carbocycles. The maximum Gasteiger partial charge on any atom is 0.117 e. The second-order valence-electron chi connectivity index (χ2n) is 6.18. The molecule has 0 aliphatic heterocycles. The fraction of sp³-hybridized carbons (Fsp3) is 0.750. The summed E-state index contributed by atoms with van der Waals surface area (Å²) >= 11 is 0. The molecule has 0 amide bonds. The number of furan rings is 1. The van der Waals surface area contributed by atoms with E-state index in [-0.39, 0.29) is 0 Å². The largest absolute Gasteiger partial charge is 0.468 e. The van der Waals surface area contributed by atoms with Crippen LogP contribution in [0.15, 0.2) is 22.8 Å². The summed E-state index contributed by atoms with van der Waals surface area (Å²) < 4.78 is 5.53. The molecular weight excluding hydrogens is 236 g/mol. The van der Waals surface area contributed by atoms with Gasteiger partial charge in [-0.25, -0.2) is 0 Å². The van der Waals surface area contributed by atoms with Crippen molar-refractivity contribution in [1.82, 2.24) is 10.2 Å². The highest BCUT2D eigenvalue weighted by Gasteiger charge is 2.33. The van der Waals surface area contributed by atoms with E-state index in [0.717, 1.165) is 24.3 Å². The summed E-state index contributed by atoms with van der Waals surface area (Å²) in [6, 6.07) is 5.62. The second-order valence-corrected chi connectivity index (χ2v) is 6.18. The lowest BCUT2D eigenvalue weighted by atomic mass is 9.84. The van der Waals surface area contributed by atoms with E-state index in [1.165, 1.54) is 45.1 Å². The molecule has 1 N–H and O–H groups in total. The van der Waals surface area contributed by atoms with E-state index in [4.69, 9.17) is 4.42 Å². The summed E-state index contributed by atoms with van der Waals surface area (Å²) in [6.45, 7) is 2.22. The van der Waals surface area contributed by atoms with Gasteiger partial charge in [0.05, 0.1) is 12.8 Å². The first kappa shape index (κ1) is 13.2. The summed E-state index contributed by atoms with van der Waals surface area (Å²) in [4.78, 5) is 2.65. The summed E-state index contributed by atoms with van der Waals surface area (Å²) in [6.07, 6.45) is 10.1. The smallest absolute Gasteiger partial charge is 0.117 e. The monoisotopic (exact) mass is 262 g/mol. The second kappa shape index (κ2) is 6.10. The van der Waals surface area contributed by atoms with E-state index in [2.05, 4.69) is 23.3 Å². The van der Waals surface area contributed by atoms with Gasteiger partial charge in [-0.3, -0.25) is 4.90 Å². The van der Waals surface area contributed by atoms with Crippen LogP contribution in [0.2, 0.25) is 0 Å². The summed E-state index contributed by atoms with van der Waals surface area (Å²) in [5, 5.41) is 3.53. The highest BCUT2D eigenvalue weighted by Crippen LogP contribution is 2.32. The molecule has 2 fully saturated rings. The van der Waals surface area contributed by atoms with Crippen molar-refractivity contribution < 1.29 is 4.42 Å². The molecule has 2 saturated carbocycles. The van der Waals surface area contributed by atoms with Crippen molar-refractivity contribution in [2.45, 2.75) is 57.2 Å². The van der Waals surface area contributed by atoms with Crippen LogP contribution in [0, 0.1) is 5.92 Å². The van der Waals surface area contributed by atoms with Crippen LogP contribution in [0.4, 0.5) is 0 Å². The predicted molar refractivity (Wildman–Crippen MR) is 76.9 cm³/mol. The van der Waals surface area contributed by atoms with Gasteiger partial charge in [-0.15, -0.1) is 0 Å². The van der Waals surface area contributed by atoms with Crippen LogP contribution < -0.4 is 5.32 Å². The third-order valence-corrected chi connectivity index (χ3v) is 4.75. The van der Waals surface area contributed by atoms with E-state index < -0.39 is 0 Å². The molecule has 106 valence electrons. The Morgan fingerprint density at radius 2 is 2.11 bits per heavy atom. The van der Waals surface area contributed by atoms with Gasteiger partial charge in [0.15, 0.2) is 0 Å². The van der Waals surface area contributed by atoms with E-state index >= 15 is 0 Å². The molecule has 2 unspecified atom stereocenters. The first-order chi connectivity index (χ1) is 9.36. The van der Waals surface area contributed by atoms with Crippen LogP contribution in [0.5, 0.6) is 0 Å². The molecule has 1 aromatic rings. The number of nitrogens with zero attached hydrogens (tertiary/aromatic N) is 1. The maximum atomic E-state index is 5.53. The average molecular weight is 262 g/mol. The van der Waals surface area contributed by atoms with E-state index in [9.17, 15) is 0 Å². The lowest BCUT2D eigenvalue weighted by Gasteiger charge is -2.35. The minimum atomic E-state index is 0.714. The Labute approximate surface area is 116 Å². The Kier molecular flexibility index (Phi) is 4.24. The van der Waals surface area contributed by atoms with Gasteiger partial charge in [-0.05, 0) is 50.8 Å². The highest BCUT2D eigenvalue weighted by molar-refractivity contribution is 5.00. The maximum absolute atomic E-state index is 5.53. The van der Waals surface area contributed by atoms with E-state index in [1.54, 1.807) is 6.26 Å². The summed E-state index contributed by atoms with van der Waals surface area (Å²) in [5.74, 6) is 1.93. The Bertz CT molecular complexity index is 372. The molecular formula is C16H26N2O. The van der Waals surface area contributed by atoms with Gasteiger partial charge in [-0.1, -0.05) is 12.8 Å². The van der Waals surface area contributed by atoms with Crippen molar-refractivity contribution >= 4 is 0 Å². The number of hydrogen-bond acceptors (Lipinski definition) is 3. The van der Waals surface area contributed by atoms with Gasteiger partial charge in [-0.2, -0.15) is 0 Å². The zero-order chi connectivity index (χ0) is 13.1. The van der Waals surface area contributed by atoms with Crippen LogP contribution in [0.1, 0.15) is 44.3 Å².